The standard InChI is InChI=1S/C15H32N2.2ClH/c1-6-8-14(7-2)15(17-16)10-12(4)11(3)9-13(15)5;;/h11-14,17H,6-10,16H2,1-5H3;2*1H/p-1. The lowest BCUT2D eigenvalue weighted by atomic mass is 9.59. The molecule has 0 bridgehead atoms. The third-order valence-corrected chi connectivity index (χ3v) is 5.49. The summed E-state index contributed by atoms with van der Waals surface area (Å²) in [6, 6.07) is 0. The Bertz CT molecular complexity index is 238. The van der Waals surface area contributed by atoms with Gasteiger partial charge in [0.05, 0.1) is 0 Å². The summed E-state index contributed by atoms with van der Waals surface area (Å²) >= 11 is 0. The molecule has 0 aromatic carbocycles. The Kier molecular flexibility index (Phi) is 10.8. The average molecular weight is 312 g/mol. The molecule has 2 nitrogen and oxygen atoms in total. The molecule has 0 aromatic rings. The van der Waals surface area contributed by atoms with Crippen molar-refractivity contribution >= 4 is 0 Å². The Hall–Kier alpha value is 0.500. The molecule has 1 rings (SSSR count). The molecule has 1 aliphatic carbocycles. The van der Waals surface area contributed by atoms with Crippen LogP contribution >= 0.6 is 0 Å². The zero-order valence-electron chi connectivity index (χ0n) is 13.3. The van der Waals surface area contributed by atoms with Crippen LogP contribution in [0.15, 0.2) is 0 Å². The van der Waals surface area contributed by atoms with Gasteiger partial charge >= 0.3 is 0 Å². The van der Waals surface area contributed by atoms with Gasteiger partial charge in [0.2, 0.25) is 0 Å². The second kappa shape index (κ2) is 9.44. The van der Waals surface area contributed by atoms with Gasteiger partial charge in [-0.25, -0.2) is 0 Å². The topological polar surface area (TPSA) is 42.6 Å². The maximum atomic E-state index is 6.12. The summed E-state index contributed by atoms with van der Waals surface area (Å²) in [5, 5.41) is 0. The Morgan fingerprint density at radius 1 is 1.16 bits per heavy atom. The molecule has 0 saturated heterocycles. The summed E-state index contributed by atoms with van der Waals surface area (Å²) in [5.41, 5.74) is 2.38. The molecule has 1 saturated carbocycles. The van der Waals surface area contributed by atoms with Crippen molar-refractivity contribution in [3.05, 3.63) is 0 Å². The summed E-state index contributed by atoms with van der Waals surface area (Å²) in [5.74, 6) is 9.32. The smallest absolute Gasteiger partial charge is 0.119 e. The molecule has 0 radical (unpaired) electrons. The number of halogens is 2. The van der Waals surface area contributed by atoms with E-state index in [1.165, 1.54) is 32.1 Å². The fraction of sp³-hybridized carbons (Fsp3) is 1.00. The molecular formula is C15H33Cl2N2-. The van der Waals surface area contributed by atoms with Gasteiger partial charge in [0, 0.05) is 18.3 Å². The quantitative estimate of drug-likeness (QED) is 0.405. The first-order valence-electron chi connectivity index (χ1n) is 7.57. The first-order valence-corrected chi connectivity index (χ1v) is 7.57. The van der Waals surface area contributed by atoms with Crippen LogP contribution in [0.3, 0.4) is 0 Å². The van der Waals surface area contributed by atoms with E-state index in [0.29, 0.717) is 5.54 Å². The van der Waals surface area contributed by atoms with E-state index in [1.807, 2.05) is 0 Å². The lowest BCUT2D eigenvalue weighted by Gasteiger charge is -2.48. The van der Waals surface area contributed by atoms with Gasteiger partial charge in [-0.15, -0.1) is 0 Å². The first-order chi connectivity index (χ1) is 8.01. The highest BCUT2D eigenvalue weighted by molar-refractivity contribution is 4.95. The molecule has 1 fully saturated rings. The molecule has 0 aliphatic heterocycles. The molecule has 19 heavy (non-hydrogen) atoms. The van der Waals surface area contributed by atoms with Gasteiger partial charge in [-0.2, -0.15) is 5.84 Å². The molecule has 0 amide bonds. The molecule has 4 N–H and O–H groups in total. The van der Waals surface area contributed by atoms with Crippen LogP contribution in [0.5, 0.6) is 0 Å². The lowest BCUT2D eigenvalue weighted by molar-refractivity contribution is -0.759. The summed E-state index contributed by atoms with van der Waals surface area (Å²) in [6.07, 6.45) is 6.52. The van der Waals surface area contributed by atoms with E-state index in [4.69, 9.17) is 5.84 Å². The minimum absolute atomic E-state index is 0. The van der Waals surface area contributed by atoms with Crippen LogP contribution in [0.25, 0.3) is 0 Å². The van der Waals surface area contributed by atoms with Crippen LogP contribution in [0.4, 0.5) is 0 Å². The molecule has 1 aliphatic rings. The van der Waals surface area contributed by atoms with E-state index in [9.17, 15) is 0 Å². The van der Waals surface area contributed by atoms with Gasteiger partial charge in [-0.1, -0.05) is 41.0 Å². The van der Waals surface area contributed by atoms with Crippen molar-refractivity contribution in [2.75, 3.05) is 0 Å². The zero-order valence-corrected chi connectivity index (χ0v) is 14.8. The van der Waals surface area contributed by atoms with Crippen molar-refractivity contribution in [3.63, 3.8) is 0 Å². The van der Waals surface area contributed by atoms with Gasteiger partial charge in [-0.05, 0) is 31.1 Å². The Labute approximate surface area is 132 Å². The number of quaternary nitrogens is 1. The van der Waals surface area contributed by atoms with E-state index in [1.54, 1.807) is 0 Å². The summed E-state index contributed by atoms with van der Waals surface area (Å²) in [7, 11) is 0. The summed E-state index contributed by atoms with van der Waals surface area (Å²) in [6.45, 7) is 11.9. The SMILES string of the molecule is CCCC(CC)C1([NH2+]N)CC(C)C(C)CC1C.[Cl-].[Cl-]. The molecule has 118 valence electrons. The van der Waals surface area contributed by atoms with E-state index in [0.717, 1.165) is 23.7 Å². The Morgan fingerprint density at radius 2 is 1.74 bits per heavy atom. The summed E-state index contributed by atoms with van der Waals surface area (Å²) in [4.78, 5) is 0. The number of hydrogen-bond acceptors (Lipinski definition) is 1. The van der Waals surface area contributed by atoms with Crippen LogP contribution in [0.1, 0.15) is 66.7 Å². The van der Waals surface area contributed by atoms with Crippen molar-refractivity contribution in [2.24, 2.45) is 29.5 Å². The summed E-state index contributed by atoms with van der Waals surface area (Å²) < 4.78 is 0. The monoisotopic (exact) mass is 311 g/mol. The second-order valence-corrected chi connectivity index (χ2v) is 6.47. The van der Waals surface area contributed by atoms with Crippen LogP contribution in [0.2, 0.25) is 0 Å². The number of nitrogens with two attached hydrogens (primary N) is 2. The maximum absolute atomic E-state index is 6.12. The molecule has 0 spiro atoms. The van der Waals surface area contributed by atoms with Crippen molar-refractivity contribution < 1.29 is 30.2 Å². The minimum Gasteiger partial charge on any atom is -1.00 e. The van der Waals surface area contributed by atoms with Crippen LogP contribution in [-0.4, -0.2) is 5.54 Å². The van der Waals surface area contributed by atoms with Gasteiger partial charge in [0.1, 0.15) is 5.54 Å². The average Bonchev–Trinajstić information content (AvgIpc) is 2.31. The maximum Gasteiger partial charge on any atom is 0.119 e. The fourth-order valence-corrected chi connectivity index (χ4v) is 4.11. The zero-order chi connectivity index (χ0) is 13.1. The van der Waals surface area contributed by atoms with Gasteiger partial charge in [0.15, 0.2) is 0 Å². The van der Waals surface area contributed by atoms with Crippen molar-refractivity contribution in [3.8, 4) is 0 Å². The number of rotatable bonds is 5. The van der Waals surface area contributed by atoms with Crippen LogP contribution < -0.4 is 36.1 Å². The van der Waals surface area contributed by atoms with Crippen molar-refractivity contribution in [1.29, 1.82) is 0 Å². The molecular weight excluding hydrogens is 279 g/mol. The molecule has 4 heteroatoms. The highest BCUT2D eigenvalue weighted by Gasteiger charge is 2.50. The Balaban J connectivity index is 0. The van der Waals surface area contributed by atoms with Gasteiger partial charge in [-0.3, -0.25) is 5.43 Å². The molecule has 5 unspecified atom stereocenters. The van der Waals surface area contributed by atoms with Crippen molar-refractivity contribution in [2.45, 2.75) is 72.3 Å². The normalized spacial score (nSPS) is 36.0. The molecule has 5 atom stereocenters. The highest BCUT2D eigenvalue weighted by atomic mass is 35.5. The van der Waals surface area contributed by atoms with Gasteiger partial charge in [0.25, 0.3) is 0 Å². The predicted octanol–water partition coefficient (Wildman–Crippen LogP) is -3.30. The number of hydrogen-bond donors (Lipinski definition) is 2. The van der Waals surface area contributed by atoms with E-state index in [2.05, 4.69) is 40.0 Å². The predicted molar refractivity (Wildman–Crippen MR) is 74.3 cm³/mol. The van der Waals surface area contributed by atoms with Crippen LogP contribution in [0, 0.1) is 23.7 Å². The van der Waals surface area contributed by atoms with Crippen LogP contribution in [-0.2, 0) is 0 Å². The molecule has 0 aromatic heterocycles. The van der Waals surface area contributed by atoms with E-state index >= 15 is 0 Å². The minimum atomic E-state index is 0. The second-order valence-electron chi connectivity index (χ2n) is 6.47. The van der Waals surface area contributed by atoms with E-state index < -0.39 is 0 Å². The highest BCUT2D eigenvalue weighted by Crippen LogP contribution is 2.43. The third-order valence-electron chi connectivity index (χ3n) is 5.49. The van der Waals surface area contributed by atoms with Gasteiger partial charge < -0.3 is 24.8 Å². The largest absolute Gasteiger partial charge is 1.00 e. The third kappa shape index (κ3) is 4.49. The Morgan fingerprint density at radius 3 is 2.16 bits per heavy atom. The molecule has 0 heterocycles. The van der Waals surface area contributed by atoms with E-state index in [-0.39, 0.29) is 24.8 Å². The first kappa shape index (κ1) is 21.8. The fourth-order valence-electron chi connectivity index (χ4n) is 4.11. The van der Waals surface area contributed by atoms with Crippen molar-refractivity contribution in [1.82, 2.24) is 0 Å². The lowest BCUT2D eigenvalue weighted by Crippen LogP contribution is -3.05.